The molecule has 4 rings (SSSR count). The van der Waals surface area contributed by atoms with Gasteiger partial charge in [0.15, 0.2) is 18.9 Å². The van der Waals surface area contributed by atoms with Gasteiger partial charge in [-0.05, 0) is 25.7 Å². The molecule has 0 aliphatic carbocycles. The van der Waals surface area contributed by atoms with Crippen molar-refractivity contribution in [2.24, 2.45) is 0 Å². The van der Waals surface area contributed by atoms with Crippen molar-refractivity contribution in [3.8, 4) is 0 Å². The monoisotopic (exact) mass is 1090 g/mol. The van der Waals surface area contributed by atoms with Crippen LogP contribution in [0.3, 0.4) is 0 Å². The molecular formula is C44H73N5O26. The zero-order valence-corrected chi connectivity index (χ0v) is 41.1. The standard InChI is InChI=1S/C44H73N5O26/c50-19-23-32(59)35(62)38(65)42(72-23)69-15-12-46-41(68)22(47-26(53)6-3-4-8-31(58)75-49-29(56)9-10-30(49)57)18-27(54)45-11-5-1-2-7-28(55)48(13-16-70-43-39(66)36(63)33(60)24(20-51)73-43)14-17-71-44-40(67)37(64)34(61)25(21-52)74-44/h22-25,32-40,42-44,50-52,59-67H,1-21H2,(H,45,54)(H,46,68)(H,47,53)/t22-,23+,24+,25+,32+,33+,34+,35-,36-,37-,38-,39-,40-,42-,43-,44-/m0/s1. The van der Waals surface area contributed by atoms with Crippen LogP contribution >= 0.6 is 0 Å². The average Bonchev–Trinajstić information content (AvgIpc) is 3.70. The number of amides is 6. The summed E-state index contributed by atoms with van der Waals surface area (Å²) >= 11 is 0. The number of nitrogens with one attached hydrogen (secondary N) is 3. The Morgan fingerprint density at radius 2 is 1.00 bits per heavy atom. The highest BCUT2D eigenvalue weighted by molar-refractivity contribution is 6.01. The average molecular weight is 1090 g/mol. The van der Waals surface area contributed by atoms with Crippen LogP contribution < -0.4 is 16.0 Å². The van der Waals surface area contributed by atoms with Gasteiger partial charge in [-0.25, -0.2) is 4.79 Å². The number of unbranched alkanes of at least 4 members (excludes halogenated alkanes) is 3. The molecule has 0 spiro atoms. The Labute approximate surface area is 429 Å². The van der Waals surface area contributed by atoms with Crippen LogP contribution in [-0.2, 0) is 66.8 Å². The van der Waals surface area contributed by atoms with Crippen LogP contribution in [0.2, 0.25) is 0 Å². The molecule has 0 bridgehead atoms. The van der Waals surface area contributed by atoms with E-state index in [1.54, 1.807) is 0 Å². The van der Waals surface area contributed by atoms with Gasteiger partial charge in [-0.3, -0.25) is 28.8 Å². The first-order valence-corrected chi connectivity index (χ1v) is 24.7. The number of carbonyl (C=O) groups is 7. The molecule has 4 aliphatic heterocycles. The fraction of sp³-hybridized carbons (Fsp3) is 0.841. The predicted octanol–water partition coefficient (Wildman–Crippen LogP) is -8.90. The molecule has 0 unspecified atom stereocenters. The number of nitrogens with zero attached hydrogens (tertiary/aromatic N) is 2. The highest BCUT2D eigenvalue weighted by Crippen LogP contribution is 2.25. The molecule has 430 valence electrons. The quantitative estimate of drug-likeness (QED) is 0.0226. The summed E-state index contributed by atoms with van der Waals surface area (Å²) in [6, 6.07) is -1.44. The summed E-state index contributed by atoms with van der Waals surface area (Å²) in [5, 5.41) is 128. The molecule has 4 heterocycles. The lowest BCUT2D eigenvalue weighted by Crippen LogP contribution is -2.59. The first-order chi connectivity index (χ1) is 35.7. The van der Waals surface area contributed by atoms with Gasteiger partial charge in [0.25, 0.3) is 11.8 Å². The Balaban J connectivity index is 1.26. The molecule has 31 nitrogen and oxygen atoms in total. The Hall–Kier alpha value is -4.23. The lowest BCUT2D eigenvalue weighted by molar-refractivity contribution is -0.303. The van der Waals surface area contributed by atoms with Crippen molar-refractivity contribution < 1.29 is 128 Å². The third-order valence-electron chi connectivity index (χ3n) is 12.5. The molecule has 6 amide bonds. The van der Waals surface area contributed by atoms with Gasteiger partial charge in [0.2, 0.25) is 23.6 Å². The first kappa shape index (κ1) is 63.3. The number of rotatable bonds is 31. The zero-order valence-electron chi connectivity index (χ0n) is 41.1. The summed E-state index contributed by atoms with van der Waals surface area (Å²) in [7, 11) is 0. The summed E-state index contributed by atoms with van der Waals surface area (Å²) in [5.74, 6) is -4.80. The van der Waals surface area contributed by atoms with E-state index in [0.717, 1.165) is 0 Å². The fourth-order valence-corrected chi connectivity index (χ4v) is 8.06. The van der Waals surface area contributed by atoms with Crippen molar-refractivity contribution in [1.82, 2.24) is 25.9 Å². The van der Waals surface area contributed by atoms with Gasteiger partial charge in [-0.1, -0.05) is 6.42 Å². The molecule has 4 aliphatic rings. The third-order valence-corrected chi connectivity index (χ3v) is 12.5. The summed E-state index contributed by atoms with van der Waals surface area (Å²) < 4.78 is 32.5. The molecule has 16 atom stereocenters. The molecule has 0 aromatic heterocycles. The van der Waals surface area contributed by atoms with Gasteiger partial charge < -0.3 is 115 Å². The van der Waals surface area contributed by atoms with Crippen molar-refractivity contribution in [3.63, 3.8) is 0 Å². The van der Waals surface area contributed by atoms with E-state index in [1.165, 1.54) is 4.90 Å². The second kappa shape index (κ2) is 31.9. The van der Waals surface area contributed by atoms with Crippen LogP contribution in [-0.4, -0.2) is 277 Å². The maximum absolute atomic E-state index is 13.5. The highest BCUT2D eigenvalue weighted by Gasteiger charge is 2.46. The maximum atomic E-state index is 13.5. The largest absolute Gasteiger partial charge is 0.394 e. The number of hydroxylamine groups is 2. The molecule has 15 N–H and O–H groups in total. The van der Waals surface area contributed by atoms with Crippen LogP contribution in [0.1, 0.15) is 70.6 Å². The molecule has 0 aromatic rings. The Bertz CT molecular complexity index is 1780. The zero-order chi connectivity index (χ0) is 55.4. The fourth-order valence-electron chi connectivity index (χ4n) is 8.06. The normalized spacial score (nSPS) is 31.4. The molecule has 0 saturated carbocycles. The topological polar surface area (TPSA) is 469 Å². The molecule has 0 radical (unpaired) electrons. The van der Waals surface area contributed by atoms with Crippen LogP contribution in [0.5, 0.6) is 0 Å². The first-order valence-electron chi connectivity index (χ1n) is 24.7. The van der Waals surface area contributed by atoms with Crippen LogP contribution in [0.4, 0.5) is 0 Å². The minimum atomic E-state index is -1.72. The SMILES string of the molecule is O=C(C[C@H](NC(=O)CCCCC(=O)ON1C(=O)CCC1=O)C(=O)NCCO[C@H]1O[C@H](CO)[C@@H](O)[C@H](O)[C@@H]1O)NCCCCCC(=O)N(CCO[C@H]1O[C@H](CO)[C@@H](O)[C@H](O)[C@@H]1O)CCO[C@H]1O[C@H](CO)[C@@H](O)[C@H](O)[C@@H]1O. The van der Waals surface area contributed by atoms with Gasteiger partial charge >= 0.3 is 5.97 Å². The smallest absolute Gasteiger partial charge is 0.333 e. The predicted molar refractivity (Wildman–Crippen MR) is 242 cm³/mol. The van der Waals surface area contributed by atoms with E-state index < -0.39 is 166 Å². The van der Waals surface area contributed by atoms with Crippen LogP contribution in [0, 0.1) is 0 Å². The van der Waals surface area contributed by atoms with Crippen molar-refractivity contribution in [2.75, 3.05) is 65.8 Å². The van der Waals surface area contributed by atoms with E-state index in [2.05, 4.69) is 16.0 Å². The number of imide groups is 1. The van der Waals surface area contributed by atoms with Crippen molar-refractivity contribution in [1.29, 1.82) is 0 Å². The van der Waals surface area contributed by atoms with Gasteiger partial charge in [0.1, 0.15) is 79.3 Å². The van der Waals surface area contributed by atoms with E-state index in [-0.39, 0.29) is 97.4 Å². The van der Waals surface area contributed by atoms with E-state index in [0.29, 0.717) is 17.9 Å². The lowest BCUT2D eigenvalue weighted by atomic mass is 9.99. The Kier molecular flexibility index (Phi) is 26.9. The molecular weight excluding hydrogens is 1010 g/mol. The molecule has 4 saturated heterocycles. The Morgan fingerprint density at radius 1 is 0.547 bits per heavy atom. The second-order valence-electron chi connectivity index (χ2n) is 18.1. The number of aliphatic hydroxyl groups excluding tert-OH is 12. The number of hydrogen-bond donors (Lipinski definition) is 15. The summed E-state index contributed by atoms with van der Waals surface area (Å²) in [6.07, 6.45) is -23.5. The van der Waals surface area contributed by atoms with E-state index >= 15 is 0 Å². The van der Waals surface area contributed by atoms with Gasteiger partial charge in [-0.2, -0.15) is 0 Å². The van der Waals surface area contributed by atoms with Crippen molar-refractivity contribution in [2.45, 2.75) is 169 Å². The number of aliphatic hydroxyl groups is 12. The number of carbonyl (C=O) groups excluding carboxylic acids is 7. The van der Waals surface area contributed by atoms with Crippen LogP contribution in [0.15, 0.2) is 0 Å². The third kappa shape index (κ3) is 19.0. The van der Waals surface area contributed by atoms with E-state index in [4.69, 9.17) is 33.3 Å². The number of ether oxygens (including phenoxy) is 6. The molecule has 0 aromatic carbocycles. The summed E-state index contributed by atoms with van der Waals surface area (Å²) in [6.45, 7) is -3.54. The van der Waals surface area contributed by atoms with Crippen molar-refractivity contribution >= 4 is 41.4 Å². The molecule has 4 fully saturated rings. The van der Waals surface area contributed by atoms with Crippen molar-refractivity contribution in [3.05, 3.63) is 0 Å². The number of hydrogen-bond acceptors (Lipinski definition) is 26. The van der Waals surface area contributed by atoms with E-state index in [9.17, 15) is 94.8 Å². The lowest BCUT2D eigenvalue weighted by Gasteiger charge is -2.40. The molecule has 31 heteroatoms. The highest BCUT2D eigenvalue weighted by atomic mass is 16.7. The summed E-state index contributed by atoms with van der Waals surface area (Å²) in [4.78, 5) is 94.5. The van der Waals surface area contributed by atoms with E-state index in [1.807, 2.05) is 0 Å². The van der Waals surface area contributed by atoms with Gasteiger partial charge in [0, 0.05) is 58.3 Å². The maximum Gasteiger partial charge on any atom is 0.333 e. The minimum absolute atomic E-state index is 0.0542. The van der Waals surface area contributed by atoms with Gasteiger partial charge in [0.05, 0.1) is 46.1 Å². The van der Waals surface area contributed by atoms with Crippen LogP contribution in [0.25, 0.3) is 0 Å². The summed E-state index contributed by atoms with van der Waals surface area (Å²) in [5.41, 5.74) is 0. The molecule has 75 heavy (non-hydrogen) atoms. The Morgan fingerprint density at radius 3 is 1.48 bits per heavy atom. The second-order valence-corrected chi connectivity index (χ2v) is 18.1. The van der Waals surface area contributed by atoms with Gasteiger partial charge in [-0.15, -0.1) is 5.06 Å². The minimum Gasteiger partial charge on any atom is -0.394 e.